The average Bonchev–Trinajstić information content (AvgIpc) is 3.14. The molecule has 1 aliphatic heterocycles. The van der Waals surface area contributed by atoms with Crippen LogP contribution >= 0.6 is 15.9 Å². The number of hydrogen-bond donors (Lipinski definition) is 2. The molecular weight excluding hydrogens is 374 g/mol. The topological polar surface area (TPSA) is 132 Å². The van der Waals surface area contributed by atoms with Gasteiger partial charge in [-0.1, -0.05) is 0 Å². The van der Waals surface area contributed by atoms with Crippen LogP contribution in [0.15, 0.2) is 27.9 Å². The lowest BCUT2D eigenvalue weighted by atomic mass is 10.1. The fraction of sp³-hybridized carbons (Fsp3) is 0.0833. The lowest BCUT2D eigenvalue weighted by Gasteiger charge is -2.01. The number of hydrazone groups is 1. The van der Waals surface area contributed by atoms with Gasteiger partial charge in [0.05, 0.1) is 33.4 Å². The molecule has 0 unspecified atom stereocenters. The first-order chi connectivity index (χ1) is 11.1. The first kappa shape index (κ1) is 15.0. The van der Waals surface area contributed by atoms with Crippen molar-refractivity contribution in [2.75, 3.05) is 6.79 Å². The second kappa shape index (κ2) is 6.04. The smallest absolute Gasteiger partial charge is 0.290 e. The number of rotatable bonds is 4. The first-order valence-corrected chi connectivity index (χ1v) is 6.96. The van der Waals surface area contributed by atoms with Crippen LogP contribution in [0.1, 0.15) is 16.1 Å². The summed E-state index contributed by atoms with van der Waals surface area (Å²) in [6.07, 6.45) is 2.57. The fourth-order valence-electron chi connectivity index (χ4n) is 1.86. The Morgan fingerprint density at radius 3 is 2.87 bits per heavy atom. The van der Waals surface area contributed by atoms with Crippen molar-refractivity contribution in [2.45, 2.75) is 0 Å². The van der Waals surface area contributed by atoms with E-state index in [2.05, 4.69) is 36.7 Å². The molecule has 1 amide bonds. The average molecular weight is 382 g/mol. The van der Waals surface area contributed by atoms with Crippen LogP contribution in [0.3, 0.4) is 0 Å². The Hall–Kier alpha value is -2.95. The molecule has 2 heterocycles. The van der Waals surface area contributed by atoms with E-state index >= 15 is 0 Å². The number of ether oxygens (including phenoxy) is 2. The number of H-pyrrole nitrogens is 1. The van der Waals surface area contributed by atoms with Crippen LogP contribution in [0.5, 0.6) is 11.5 Å². The Morgan fingerprint density at radius 1 is 1.48 bits per heavy atom. The number of hydrogen-bond acceptors (Lipinski definition) is 7. The minimum atomic E-state index is -0.573. The van der Waals surface area contributed by atoms with Crippen molar-refractivity contribution in [1.29, 1.82) is 0 Å². The third kappa shape index (κ3) is 2.99. The molecule has 23 heavy (non-hydrogen) atoms. The van der Waals surface area contributed by atoms with Crippen molar-refractivity contribution in [3.05, 3.63) is 44.2 Å². The van der Waals surface area contributed by atoms with Crippen LogP contribution in [-0.2, 0) is 0 Å². The second-order valence-electron chi connectivity index (χ2n) is 4.31. The van der Waals surface area contributed by atoms with E-state index < -0.39 is 10.8 Å². The van der Waals surface area contributed by atoms with E-state index in [0.29, 0.717) is 16.0 Å². The van der Waals surface area contributed by atoms with Gasteiger partial charge in [-0.05, 0) is 22.0 Å². The Labute approximate surface area is 136 Å². The summed E-state index contributed by atoms with van der Waals surface area (Å²) in [5, 5.41) is 21.0. The minimum Gasteiger partial charge on any atom is -0.454 e. The van der Waals surface area contributed by atoms with Gasteiger partial charge in [-0.25, -0.2) is 5.43 Å². The first-order valence-electron chi connectivity index (χ1n) is 6.16. The molecule has 0 saturated heterocycles. The van der Waals surface area contributed by atoms with E-state index in [0.717, 1.165) is 6.21 Å². The van der Waals surface area contributed by atoms with E-state index in [-0.39, 0.29) is 23.7 Å². The van der Waals surface area contributed by atoms with E-state index in [1.807, 2.05) is 0 Å². The molecule has 3 rings (SSSR count). The van der Waals surface area contributed by atoms with Gasteiger partial charge in [0, 0.05) is 0 Å². The number of nitrogens with zero attached hydrogens (tertiary/aromatic N) is 3. The molecule has 0 spiro atoms. The van der Waals surface area contributed by atoms with Crippen LogP contribution in [0.2, 0.25) is 0 Å². The maximum atomic E-state index is 11.8. The number of aromatic amines is 1. The van der Waals surface area contributed by atoms with Gasteiger partial charge in [0.1, 0.15) is 5.69 Å². The summed E-state index contributed by atoms with van der Waals surface area (Å²) in [5.74, 6) is 0.119. The van der Waals surface area contributed by atoms with E-state index in [1.165, 1.54) is 18.3 Å². The number of nitro groups is 1. The predicted molar refractivity (Wildman–Crippen MR) is 80.6 cm³/mol. The quantitative estimate of drug-likeness (QED) is 0.469. The Balaban J connectivity index is 1.81. The zero-order valence-corrected chi connectivity index (χ0v) is 12.9. The van der Waals surface area contributed by atoms with Crippen LogP contribution in [-0.4, -0.2) is 34.0 Å². The predicted octanol–water partition coefficient (Wildman–Crippen LogP) is 1.57. The molecule has 0 saturated carbocycles. The van der Waals surface area contributed by atoms with Crippen molar-refractivity contribution in [2.24, 2.45) is 5.10 Å². The van der Waals surface area contributed by atoms with Crippen LogP contribution < -0.4 is 14.9 Å². The minimum absolute atomic E-state index is 0.00231. The summed E-state index contributed by atoms with van der Waals surface area (Å²) in [6.45, 7) is -0.00231. The van der Waals surface area contributed by atoms with Gasteiger partial charge >= 0.3 is 0 Å². The molecule has 0 atom stereocenters. The van der Waals surface area contributed by atoms with Crippen molar-refractivity contribution >= 4 is 33.7 Å². The van der Waals surface area contributed by atoms with Gasteiger partial charge in [-0.2, -0.15) is 10.2 Å². The summed E-state index contributed by atoms with van der Waals surface area (Å²) in [6, 6.07) is 2.67. The Morgan fingerprint density at radius 2 is 2.22 bits per heavy atom. The highest BCUT2D eigenvalue weighted by molar-refractivity contribution is 9.10. The number of halogens is 1. The molecule has 0 aliphatic carbocycles. The maximum absolute atomic E-state index is 11.8. The summed E-state index contributed by atoms with van der Waals surface area (Å²) in [5.41, 5.74) is 2.38. The summed E-state index contributed by atoms with van der Waals surface area (Å²) in [7, 11) is 0. The Kier molecular flexibility index (Phi) is 3.93. The monoisotopic (exact) mass is 381 g/mol. The van der Waals surface area contributed by atoms with Gasteiger partial charge in [-0.15, -0.1) is 0 Å². The van der Waals surface area contributed by atoms with E-state index in [4.69, 9.17) is 9.47 Å². The number of carbonyl (C=O) groups excluding carboxylic acids is 1. The standard InChI is InChI=1S/C12H8BrN5O5/c13-7-4-15-16-11(7)12(19)17-14-3-6-1-9-10(23-5-22-9)2-8(6)18(20)21/h1-4H,5H2,(H,15,16)(H,17,19). The summed E-state index contributed by atoms with van der Waals surface area (Å²) >= 11 is 3.14. The van der Waals surface area contributed by atoms with Crippen LogP contribution in [0, 0.1) is 10.1 Å². The van der Waals surface area contributed by atoms with Gasteiger partial charge in [0.2, 0.25) is 6.79 Å². The van der Waals surface area contributed by atoms with Gasteiger partial charge in [0.25, 0.3) is 11.6 Å². The highest BCUT2D eigenvalue weighted by atomic mass is 79.9. The van der Waals surface area contributed by atoms with E-state index in [1.54, 1.807) is 0 Å². The number of nitro benzene ring substituents is 1. The number of benzene rings is 1. The molecule has 2 N–H and O–H groups in total. The highest BCUT2D eigenvalue weighted by Gasteiger charge is 2.22. The number of aromatic nitrogens is 2. The fourth-order valence-corrected chi connectivity index (χ4v) is 2.23. The van der Waals surface area contributed by atoms with Gasteiger partial charge in [0.15, 0.2) is 11.5 Å². The lowest BCUT2D eigenvalue weighted by molar-refractivity contribution is -0.385. The molecular formula is C12H8BrN5O5. The molecule has 1 aromatic carbocycles. The zero-order valence-electron chi connectivity index (χ0n) is 11.3. The molecule has 2 aromatic rings. The molecule has 1 aromatic heterocycles. The molecule has 10 nitrogen and oxygen atoms in total. The van der Waals surface area contributed by atoms with Crippen LogP contribution in [0.4, 0.5) is 5.69 Å². The SMILES string of the molecule is O=C(NN=Cc1cc2c(cc1[N+](=O)[O-])OCO2)c1[nH]ncc1Br. The Bertz CT molecular complexity index is 818. The van der Waals surface area contributed by atoms with Crippen molar-refractivity contribution in [1.82, 2.24) is 15.6 Å². The van der Waals surface area contributed by atoms with Crippen molar-refractivity contribution in [3.63, 3.8) is 0 Å². The van der Waals surface area contributed by atoms with Crippen LogP contribution in [0.25, 0.3) is 0 Å². The molecule has 118 valence electrons. The summed E-state index contributed by atoms with van der Waals surface area (Å²) < 4.78 is 10.7. The normalized spacial score (nSPS) is 12.6. The third-order valence-corrected chi connectivity index (χ3v) is 3.51. The van der Waals surface area contributed by atoms with Crippen molar-refractivity contribution < 1.29 is 19.2 Å². The largest absolute Gasteiger partial charge is 0.454 e. The third-order valence-electron chi connectivity index (χ3n) is 2.91. The molecule has 1 aliphatic rings. The zero-order chi connectivity index (χ0) is 16.4. The lowest BCUT2D eigenvalue weighted by Crippen LogP contribution is -2.18. The number of nitrogens with one attached hydrogen (secondary N) is 2. The second-order valence-corrected chi connectivity index (χ2v) is 5.17. The molecule has 0 bridgehead atoms. The van der Waals surface area contributed by atoms with Crippen molar-refractivity contribution in [3.8, 4) is 11.5 Å². The number of amides is 1. The summed E-state index contributed by atoms with van der Waals surface area (Å²) in [4.78, 5) is 22.3. The van der Waals surface area contributed by atoms with Gasteiger partial charge in [-0.3, -0.25) is 20.0 Å². The van der Waals surface area contributed by atoms with E-state index in [9.17, 15) is 14.9 Å². The van der Waals surface area contributed by atoms with Gasteiger partial charge < -0.3 is 9.47 Å². The number of fused-ring (bicyclic) bond motifs is 1. The molecule has 11 heteroatoms. The molecule has 0 fully saturated rings. The maximum Gasteiger partial charge on any atom is 0.290 e. The molecule has 0 radical (unpaired) electrons. The number of carbonyl (C=O) groups is 1. The highest BCUT2D eigenvalue weighted by Crippen LogP contribution is 2.37.